The fourth-order valence-electron chi connectivity index (χ4n) is 2.32. The molecule has 1 aliphatic rings. The average Bonchev–Trinajstić information content (AvgIpc) is 2.94. The van der Waals surface area contributed by atoms with Crippen molar-refractivity contribution in [3.8, 4) is 0 Å². The lowest BCUT2D eigenvalue weighted by molar-refractivity contribution is -0.142. The highest BCUT2D eigenvalue weighted by Crippen LogP contribution is 2.22. The second-order valence-electron chi connectivity index (χ2n) is 4.71. The van der Waals surface area contributed by atoms with Crippen LogP contribution < -0.4 is 10.2 Å². The predicted molar refractivity (Wildman–Crippen MR) is 72.3 cm³/mol. The lowest BCUT2D eigenvalue weighted by atomic mass is 10.1. The zero-order chi connectivity index (χ0) is 14.5. The van der Waals surface area contributed by atoms with Gasteiger partial charge in [-0.05, 0) is 25.3 Å². The first-order chi connectivity index (χ1) is 9.63. The van der Waals surface area contributed by atoms with E-state index in [0.717, 1.165) is 6.42 Å². The van der Waals surface area contributed by atoms with Gasteiger partial charge in [-0.2, -0.15) is 0 Å². The second kappa shape index (κ2) is 6.31. The molecule has 1 unspecified atom stereocenters. The molecule has 0 aromatic carbocycles. The summed E-state index contributed by atoms with van der Waals surface area (Å²) in [4.78, 5) is 33.3. The second-order valence-corrected chi connectivity index (χ2v) is 4.71. The Kier molecular flexibility index (Phi) is 4.49. The van der Waals surface area contributed by atoms with E-state index < -0.39 is 18.1 Å². The van der Waals surface area contributed by atoms with Gasteiger partial charge in [-0.15, -0.1) is 0 Å². The third-order valence-corrected chi connectivity index (χ3v) is 3.39. The molecule has 108 valence electrons. The molecule has 20 heavy (non-hydrogen) atoms. The molecule has 1 saturated heterocycles. The van der Waals surface area contributed by atoms with Crippen LogP contribution in [0.25, 0.3) is 0 Å². The lowest BCUT2D eigenvalue weighted by Crippen LogP contribution is -2.49. The van der Waals surface area contributed by atoms with E-state index in [2.05, 4.69) is 15.3 Å². The van der Waals surface area contributed by atoms with Crippen molar-refractivity contribution in [3.63, 3.8) is 0 Å². The smallest absolute Gasteiger partial charge is 0.326 e. The summed E-state index contributed by atoms with van der Waals surface area (Å²) >= 11 is 0. The van der Waals surface area contributed by atoms with Gasteiger partial charge >= 0.3 is 5.97 Å². The van der Waals surface area contributed by atoms with E-state index >= 15 is 0 Å². The lowest BCUT2D eigenvalue weighted by Gasteiger charge is -2.24. The summed E-state index contributed by atoms with van der Waals surface area (Å²) in [5.41, 5.74) is 0. The summed E-state index contributed by atoms with van der Waals surface area (Å²) < 4.78 is 0. The van der Waals surface area contributed by atoms with Crippen LogP contribution in [-0.2, 0) is 9.59 Å². The van der Waals surface area contributed by atoms with E-state index in [1.165, 1.54) is 0 Å². The zero-order valence-electron chi connectivity index (χ0n) is 11.3. The maximum atomic E-state index is 12.2. The number of carbonyl (C=O) groups excluding carboxylic acids is 1. The molecular weight excluding hydrogens is 260 g/mol. The largest absolute Gasteiger partial charge is 0.480 e. The van der Waals surface area contributed by atoms with Crippen LogP contribution in [0.3, 0.4) is 0 Å². The van der Waals surface area contributed by atoms with E-state index in [4.69, 9.17) is 5.11 Å². The fourth-order valence-corrected chi connectivity index (χ4v) is 2.32. The van der Waals surface area contributed by atoms with Crippen LogP contribution in [0.15, 0.2) is 18.5 Å². The number of nitrogens with zero attached hydrogens (tertiary/aromatic N) is 3. The third-order valence-electron chi connectivity index (χ3n) is 3.39. The van der Waals surface area contributed by atoms with Gasteiger partial charge in [0.1, 0.15) is 12.1 Å². The van der Waals surface area contributed by atoms with Crippen molar-refractivity contribution in [1.82, 2.24) is 15.3 Å². The van der Waals surface area contributed by atoms with Gasteiger partial charge in [-0.25, -0.2) is 14.8 Å². The molecule has 1 fully saturated rings. The molecule has 1 aliphatic heterocycles. The molecule has 2 N–H and O–H groups in total. The minimum atomic E-state index is -1.01. The molecule has 2 heterocycles. The Morgan fingerprint density at radius 2 is 2.20 bits per heavy atom. The Bertz CT molecular complexity index is 480. The summed E-state index contributed by atoms with van der Waals surface area (Å²) in [6.45, 7) is 2.43. The van der Waals surface area contributed by atoms with Crippen molar-refractivity contribution < 1.29 is 14.7 Å². The number of amides is 1. The summed E-state index contributed by atoms with van der Waals surface area (Å²) in [5.74, 6) is -0.779. The molecule has 7 heteroatoms. The normalized spacial score (nSPS) is 19.6. The van der Waals surface area contributed by atoms with Gasteiger partial charge in [0, 0.05) is 18.9 Å². The number of hydrogen-bond donors (Lipinski definition) is 2. The van der Waals surface area contributed by atoms with Gasteiger partial charge in [0.25, 0.3) is 0 Å². The van der Waals surface area contributed by atoms with Gasteiger partial charge in [0.05, 0.1) is 0 Å². The summed E-state index contributed by atoms with van der Waals surface area (Å²) in [6, 6.07) is 0.471. The average molecular weight is 278 g/mol. The van der Waals surface area contributed by atoms with Crippen LogP contribution in [0.5, 0.6) is 0 Å². The molecule has 0 bridgehead atoms. The summed E-state index contributed by atoms with van der Waals surface area (Å²) in [7, 11) is 0. The molecule has 2 atom stereocenters. The molecule has 0 saturated carbocycles. The van der Waals surface area contributed by atoms with Gasteiger partial charge in [-0.1, -0.05) is 6.92 Å². The predicted octanol–water partition coefficient (Wildman–Crippen LogP) is 0.425. The first kappa shape index (κ1) is 14.2. The molecule has 0 spiro atoms. The van der Waals surface area contributed by atoms with Gasteiger partial charge in [0.2, 0.25) is 11.9 Å². The first-order valence-corrected chi connectivity index (χ1v) is 6.70. The molecular formula is C13H18N4O3. The number of carboxylic acid groups (broad SMARTS) is 1. The molecule has 1 aromatic rings. The first-order valence-electron chi connectivity index (χ1n) is 6.70. The highest BCUT2D eigenvalue weighted by molar-refractivity contribution is 5.89. The van der Waals surface area contributed by atoms with Gasteiger partial charge in [0.15, 0.2) is 0 Å². The van der Waals surface area contributed by atoms with Crippen LogP contribution in [0.4, 0.5) is 5.95 Å². The Hall–Kier alpha value is -2.18. The van der Waals surface area contributed by atoms with Crippen LogP contribution in [0.2, 0.25) is 0 Å². The summed E-state index contributed by atoms with van der Waals surface area (Å²) in [6.07, 6.45) is 5.15. The van der Waals surface area contributed by atoms with E-state index in [9.17, 15) is 9.59 Å². The Morgan fingerprint density at radius 3 is 2.80 bits per heavy atom. The zero-order valence-corrected chi connectivity index (χ0v) is 11.3. The van der Waals surface area contributed by atoms with E-state index in [0.29, 0.717) is 25.3 Å². The standard InChI is InChI=1S/C13H18N4O3/c1-2-9(12(19)20)16-11(18)10-5-3-8-17(10)13-14-6-4-7-15-13/h4,6-7,9-10H,2-3,5,8H2,1H3,(H,16,18)(H,19,20)/t9-,10?/m0/s1. The Labute approximate surface area is 117 Å². The number of carboxylic acids is 1. The highest BCUT2D eigenvalue weighted by Gasteiger charge is 2.33. The molecule has 1 amide bonds. The fraction of sp³-hybridized carbons (Fsp3) is 0.538. The van der Waals surface area contributed by atoms with Crippen molar-refractivity contribution >= 4 is 17.8 Å². The minimum absolute atomic E-state index is 0.274. The Balaban J connectivity index is 2.07. The van der Waals surface area contributed by atoms with Crippen molar-refractivity contribution in [2.75, 3.05) is 11.4 Å². The van der Waals surface area contributed by atoms with Gasteiger partial charge in [-0.3, -0.25) is 4.79 Å². The number of anilines is 1. The third kappa shape index (κ3) is 3.04. The molecule has 0 radical (unpaired) electrons. The van der Waals surface area contributed by atoms with Crippen molar-refractivity contribution in [2.45, 2.75) is 38.3 Å². The summed E-state index contributed by atoms with van der Waals surface area (Å²) in [5, 5.41) is 11.6. The number of carbonyl (C=O) groups is 2. The number of hydrogen-bond acceptors (Lipinski definition) is 5. The number of rotatable bonds is 5. The SMILES string of the molecule is CC[C@H](NC(=O)C1CCCN1c1ncccn1)C(=O)O. The molecule has 2 rings (SSSR count). The number of aromatic nitrogens is 2. The maximum absolute atomic E-state index is 12.2. The number of aliphatic carboxylic acids is 1. The van der Waals surface area contributed by atoms with E-state index in [-0.39, 0.29) is 5.91 Å². The Morgan fingerprint density at radius 1 is 1.50 bits per heavy atom. The van der Waals surface area contributed by atoms with Crippen LogP contribution in [0, 0.1) is 0 Å². The topological polar surface area (TPSA) is 95.4 Å². The maximum Gasteiger partial charge on any atom is 0.326 e. The van der Waals surface area contributed by atoms with Crippen LogP contribution in [-0.4, -0.2) is 45.6 Å². The monoisotopic (exact) mass is 278 g/mol. The van der Waals surface area contributed by atoms with Crippen molar-refractivity contribution in [2.24, 2.45) is 0 Å². The van der Waals surface area contributed by atoms with E-state index in [1.807, 2.05) is 4.90 Å². The van der Waals surface area contributed by atoms with Crippen LogP contribution >= 0.6 is 0 Å². The van der Waals surface area contributed by atoms with Crippen molar-refractivity contribution in [3.05, 3.63) is 18.5 Å². The quantitative estimate of drug-likeness (QED) is 0.810. The molecule has 0 aliphatic carbocycles. The molecule has 7 nitrogen and oxygen atoms in total. The van der Waals surface area contributed by atoms with Crippen molar-refractivity contribution in [1.29, 1.82) is 0 Å². The number of nitrogens with one attached hydrogen (secondary N) is 1. The molecule has 1 aromatic heterocycles. The van der Waals surface area contributed by atoms with E-state index in [1.54, 1.807) is 25.4 Å². The van der Waals surface area contributed by atoms with Crippen LogP contribution in [0.1, 0.15) is 26.2 Å². The highest BCUT2D eigenvalue weighted by atomic mass is 16.4. The minimum Gasteiger partial charge on any atom is -0.480 e. The van der Waals surface area contributed by atoms with Gasteiger partial charge < -0.3 is 15.3 Å².